The summed E-state index contributed by atoms with van der Waals surface area (Å²) < 4.78 is 2.89. The molecule has 2 heterocycles. The summed E-state index contributed by atoms with van der Waals surface area (Å²) in [5, 5.41) is 0.611. The minimum absolute atomic E-state index is 0.317. The second-order valence-electron chi connectivity index (χ2n) is 6.39. The third-order valence-electron chi connectivity index (χ3n) is 4.56. The number of carbonyl (C=O) groups is 3. The number of amides is 3. The Kier molecular flexibility index (Phi) is 5.58. The molecular formula is C20H16ClN3O3S2. The summed E-state index contributed by atoms with van der Waals surface area (Å²) >= 11 is 9.14. The summed E-state index contributed by atoms with van der Waals surface area (Å²) in [6, 6.07) is 12.1. The van der Waals surface area contributed by atoms with Gasteiger partial charge in [-0.15, -0.1) is 0 Å². The lowest BCUT2D eigenvalue weighted by atomic mass is 10.1. The fraction of sp³-hybridized carbons (Fsp3) is 0.200. The summed E-state index contributed by atoms with van der Waals surface area (Å²) in [6.07, 6.45) is 2.01. The van der Waals surface area contributed by atoms with E-state index in [1.165, 1.54) is 11.3 Å². The maximum atomic E-state index is 12.6. The second-order valence-corrected chi connectivity index (χ2v) is 8.82. The average Bonchev–Trinajstić information content (AvgIpc) is 3.16. The van der Waals surface area contributed by atoms with Crippen LogP contribution in [-0.4, -0.2) is 45.7 Å². The lowest BCUT2D eigenvalue weighted by molar-refractivity contribution is -0.118. The topological polar surface area (TPSA) is 71.7 Å². The molecule has 29 heavy (non-hydrogen) atoms. The van der Waals surface area contributed by atoms with E-state index in [0.717, 1.165) is 20.9 Å². The Hall–Kier alpha value is -2.42. The van der Waals surface area contributed by atoms with E-state index in [0.29, 0.717) is 27.5 Å². The molecule has 0 fully saturated rings. The van der Waals surface area contributed by atoms with Gasteiger partial charge in [-0.05, 0) is 36.6 Å². The van der Waals surface area contributed by atoms with E-state index in [-0.39, 0.29) is 6.54 Å². The lowest BCUT2D eigenvalue weighted by Gasteiger charge is -2.10. The van der Waals surface area contributed by atoms with Crippen molar-refractivity contribution in [3.8, 4) is 0 Å². The lowest BCUT2D eigenvalue weighted by Crippen LogP contribution is -2.35. The van der Waals surface area contributed by atoms with Crippen LogP contribution in [0.4, 0.5) is 0 Å². The second kappa shape index (κ2) is 8.14. The van der Waals surface area contributed by atoms with E-state index in [1.54, 1.807) is 42.1 Å². The van der Waals surface area contributed by atoms with Crippen LogP contribution in [0.5, 0.6) is 0 Å². The quantitative estimate of drug-likeness (QED) is 0.564. The molecule has 9 heteroatoms. The highest BCUT2D eigenvalue weighted by molar-refractivity contribution is 7.98. The van der Waals surface area contributed by atoms with Gasteiger partial charge in [0, 0.05) is 17.3 Å². The predicted octanol–water partition coefficient (Wildman–Crippen LogP) is 3.44. The Morgan fingerprint density at radius 1 is 1.14 bits per heavy atom. The van der Waals surface area contributed by atoms with Gasteiger partial charge in [0.15, 0.2) is 4.80 Å². The van der Waals surface area contributed by atoms with E-state index < -0.39 is 17.7 Å². The molecule has 4 rings (SSSR count). The first-order valence-corrected chi connectivity index (χ1v) is 11.4. The van der Waals surface area contributed by atoms with Crippen LogP contribution in [0.3, 0.4) is 0 Å². The van der Waals surface area contributed by atoms with Crippen LogP contribution in [0.25, 0.3) is 10.2 Å². The first-order chi connectivity index (χ1) is 14.0. The Balaban J connectivity index is 1.66. The first kappa shape index (κ1) is 19.9. The third kappa shape index (κ3) is 3.75. The van der Waals surface area contributed by atoms with E-state index in [4.69, 9.17) is 11.6 Å². The van der Waals surface area contributed by atoms with E-state index in [1.807, 2.05) is 23.0 Å². The molecule has 0 radical (unpaired) electrons. The number of hydrogen-bond donors (Lipinski definition) is 0. The van der Waals surface area contributed by atoms with Gasteiger partial charge < -0.3 is 4.57 Å². The van der Waals surface area contributed by atoms with E-state index >= 15 is 0 Å². The molecule has 0 bridgehead atoms. The number of fused-ring (bicyclic) bond motifs is 2. The molecule has 3 amide bonds. The molecule has 0 spiro atoms. The molecule has 6 nitrogen and oxygen atoms in total. The fourth-order valence-corrected chi connectivity index (χ4v) is 4.91. The van der Waals surface area contributed by atoms with Crippen LogP contribution < -0.4 is 4.80 Å². The monoisotopic (exact) mass is 445 g/mol. The van der Waals surface area contributed by atoms with Crippen molar-refractivity contribution in [2.24, 2.45) is 4.99 Å². The van der Waals surface area contributed by atoms with Crippen molar-refractivity contribution in [2.45, 2.75) is 6.54 Å². The van der Waals surface area contributed by atoms with Crippen molar-refractivity contribution < 1.29 is 14.4 Å². The number of nitrogens with zero attached hydrogens (tertiary/aromatic N) is 3. The van der Waals surface area contributed by atoms with Crippen LogP contribution in [0.15, 0.2) is 47.5 Å². The molecule has 1 aliphatic rings. The molecule has 3 aromatic rings. The summed E-state index contributed by atoms with van der Waals surface area (Å²) in [7, 11) is 0. The normalized spacial score (nSPS) is 14.1. The zero-order valence-electron chi connectivity index (χ0n) is 15.4. The maximum Gasteiger partial charge on any atom is 0.268 e. The summed E-state index contributed by atoms with van der Waals surface area (Å²) in [5.41, 5.74) is 1.58. The van der Waals surface area contributed by atoms with Gasteiger partial charge in [0.1, 0.15) is 6.54 Å². The standard InChI is InChI=1S/C20H16ClN3O3S2/c1-28-9-8-23-15-7-6-12(21)10-16(15)29-20(23)22-17(25)11-24-18(26)13-4-2-3-5-14(13)19(24)27/h2-7,10H,8-9,11H2,1H3. The number of rotatable bonds is 5. The van der Waals surface area contributed by atoms with Gasteiger partial charge in [-0.3, -0.25) is 19.3 Å². The fourth-order valence-electron chi connectivity index (χ4n) is 3.19. The molecule has 0 unspecified atom stereocenters. The zero-order valence-corrected chi connectivity index (χ0v) is 17.8. The number of thiazole rings is 1. The number of hydrogen-bond acceptors (Lipinski definition) is 5. The van der Waals surface area contributed by atoms with E-state index in [2.05, 4.69) is 4.99 Å². The van der Waals surface area contributed by atoms with Crippen LogP contribution in [0, 0.1) is 0 Å². The Morgan fingerprint density at radius 3 is 2.48 bits per heavy atom. The number of imide groups is 1. The zero-order chi connectivity index (χ0) is 20.5. The molecule has 0 saturated heterocycles. The van der Waals surface area contributed by atoms with Gasteiger partial charge in [0.25, 0.3) is 17.7 Å². The predicted molar refractivity (Wildman–Crippen MR) is 116 cm³/mol. The maximum absolute atomic E-state index is 12.6. The largest absolute Gasteiger partial charge is 0.316 e. The number of carbonyl (C=O) groups excluding carboxylic acids is 3. The number of benzene rings is 2. The van der Waals surface area contributed by atoms with E-state index in [9.17, 15) is 14.4 Å². The van der Waals surface area contributed by atoms with Gasteiger partial charge in [0.2, 0.25) is 0 Å². The van der Waals surface area contributed by atoms with Crippen molar-refractivity contribution in [1.82, 2.24) is 9.47 Å². The minimum atomic E-state index is -0.546. The Morgan fingerprint density at radius 2 is 1.83 bits per heavy atom. The number of halogens is 1. The van der Waals surface area contributed by atoms with Crippen LogP contribution in [0.2, 0.25) is 5.02 Å². The molecule has 2 aromatic carbocycles. The van der Waals surface area contributed by atoms with Gasteiger partial charge in [-0.1, -0.05) is 35.1 Å². The highest BCUT2D eigenvalue weighted by Crippen LogP contribution is 2.23. The average molecular weight is 446 g/mol. The van der Waals surface area contributed by atoms with Crippen LogP contribution in [-0.2, 0) is 11.3 Å². The smallest absolute Gasteiger partial charge is 0.268 e. The van der Waals surface area contributed by atoms with Crippen molar-refractivity contribution in [3.63, 3.8) is 0 Å². The summed E-state index contributed by atoms with van der Waals surface area (Å²) in [4.78, 5) is 43.3. The SMILES string of the molecule is CSCCn1c(=NC(=O)CN2C(=O)c3ccccc3C2=O)sc2cc(Cl)ccc21. The van der Waals surface area contributed by atoms with Gasteiger partial charge in [-0.25, -0.2) is 0 Å². The third-order valence-corrected chi connectivity index (χ3v) is 6.42. The number of aryl methyl sites for hydroxylation is 1. The van der Waals surface area contributed by atoms with Crippen molar-refractivity contribution in [1.29, 1.82) is 0 Å². The van der Waals surface area contributed by atoms with Gasteiger partial charge >= 0.3 is 0 Å². The molecule has 0 aliphatic carbocycles. The van der Waals surface area contributed by atoms with Crippen LogP contribution >= 0.6 is 34.7 Å². The Labute approximate surface area is 179 Å². The molecule has 0 atom stereocenters. The first-order valence-electron chi connectivity index (χ1n) is 8.80. The molecule has 0 N–H and O–H groups in total. The minimum Gasteiger partial charge on any atom is -0.316 e. The van der Waals surface area contributed by atoms with Crippen molar-refractivity contribution in [3.05, 3.63) is 63.4 Å². The van der Waals surface area contributed by atoms with Crippen molar-refractivity contribution >= 4 is 62.6 Å². The van der Waals surface area contributed by atoms with Gasteiger partial charge in [0.05, 0.1) is 21.3 Å². The highest BCUT2D eigenvalue weighted by Gasteiger charge is 2.36. The summed E-state index contributed by atoms with van der Waals surface area (Å²) in [6.45, 7) is 0.297. The van der Waals surface area contributed by atoms with Crippen LogP contribution in [0.1, 0.15) is 20.7 Å². The van der Waals surface area contributed by atoms with Gasteiger partial charge in [-0.2, -0.15) is 16.8 Å². The number of aromatic nitrogens is 1. The Bertz CT molecular complexity index is 1180. The summed E-state index contributed by atoms with van der Waals surface area (Å²) in [5.74, 6) is -0.621. The van der Waals surface area contributed by atoms with Crippen molar-refractivity contribution in [2.75, 3.05) is 18.6 Å². The molecule has 1 aliphatic heterocycles. The molecule has 0 saturated carbocycles. The highest BCUT2D eigenvalue weighted by atomic mass is 35.5. The molecule has 148 valence electrons. The number of thioether (sulfide) groups is 1. The molecular weight excluding hydrogens is 430 g/mol. The molecule has 1 aromatic heterocycles.